The van der Waals surface area contributed by atoms with Gasteiger partial charge in [0.1, 0.15) is 17.4 Å². The molecule has 0 aliphatic rings. The third-order valence-corrected chi connectivity index (χ3v) is 6.10. The maximum absolute atomic E-state index is 12.5. The Balaban J connectivity index is 1.89. The van der Waals surface area contributed by atoms with Gasteiger partial charge < -0.3 is 10.1 Å². The summed E-state index contributed by atoms with van der Waals surface area (Å²) >= 11 is 13.2. The first kappa shape index (κ1) is 23.1. The van der Waals surface area contributed by atoms with Crippen LogP contribution in [0.2, 0.25) is 5.02 Å². The Labute approximate surface area is 202 Å². The summed E-state index contributed by atoms with van der Waals surface area (Å²) in [6, 6.07) is 20.3. The van der Waals surface area contributed by atoms with Gasteiger partial charge in [0.05, 0.1) is 7.11 Å². The average Bonchev–Trinajstić information content (AvgIpc) is 2.76. The lowest BCUT2D eigenvalue weighted by Crippen LogP contribution is -2.13. The highest BCUT2D eigenvalue weighted by Crippen LogP contribution is 2.33. The van der Waals surface area contributed by atoms with Crippen molar-refractivity contribution in [2.24, 2.45) is 0 Å². The van der Waals surface area contributed by atoms with Crippen LogP contribution in [0.25, 0.3) is 6.08 Å². The average molecular weight is 561 g/mol. The van der Waals surface area contributed by atoms with Crippen molar-refractivity contribution in [2.75, 3.05) is 12.4 Å². The highest BCUT2D eigenvalue weighted by molar-refractivity contribution is 9.10. The zero-order chi connectivity index (χ0) is 22.4. The molecule has 3 aromatic rings. The standard InChI is InChI=1S/C24H17Br2ClN2O2/c1-31-23-12-15(11-21(26)20(23)13-16-4-2-3-5-22(16)27)10-17(14-28)24(30)29-19-8-6-18(25)7-9-19/h2-12H,13H2,1H3,(H,29,30)/b17-10+. The van der Waals surface area contributed by atoms with E-state index in [1.54, 1.807) is 25.3 Å². The van der Waals surface area contributed by atoms with Gasteiger partial charge in [-0.25, -0.2) is 0 Å². The number of benzene rings is 3. The van der Waals surface area contributed by atoms with Crippen molar-refractivity contribution in [3.05, 3.63) is 96.9 Å². The molecule has 0 aliphatic heterocycles. The Morgan fingerprint density at radius 3 is 2.52 bits per heavy atom. The Kier molecular flexibility index (Phi) is 7.91. The molecular weight excluding hydrogens is 544 g/mol. The third kappa shape index (κ3) is 5.98. The van der Waals surface area contributed by atoms with E-state index in [2.05, 4.69) is 37.2 Å². The fraction of sp³-hybridized carbons (Fsp3) is 0.0833. The summed E-state index contributed by atoms with van der Waals surface area (Å²) in [4.78, 5) is 12.5. The Morgan fingerprint density at radius 2 is 1.87 bits per heavy atom. The summed E-state index contributed by atoms with van der Waals surface area (Å²) < 4.78 is 7.26. The van der Waals surface area contributed by atoms with Crippen LogP contribution in [-0.4, -0.2) is 13.0 Å². The number of hydrogen-bond acceptors (Lipinski definition) is 3. The molecule has 0 radical (unpaired) electrons. The second kappa shape index (κ2) is 10.6. The molecule has 1 N–H and O–H groups in total. The van der Waals surface area contributed by atoms with Gasteiger partial charge in [0, 0.05) is 31.6 Å². The number of rotatable bonds is 6. The second-order valence-corrected chi connectivity index (χ2v) is 8.76. The van der Waals surface area contributed by atoms with E-state index in [4.69, 9.17) is 16.3 Å². The molecule has 0 saturated carbocycles. The molecule has 31 heavy (non-hydrogen) atoms. The van der Waals surface area contributed by atoms with Crippen LogP contribution in [0, 0.1) is 11.3 Å². The van der Waals surface area contributed by atoms with Gasteiger partial charge in [0.2, 0.25) is 0 Å². The zero-order valence-corrected chi connectivity index (χ0v) is 20.4. The SMILES string of the molecule is COc1cc(/C=C(\C#N)C(=O)Nc2ccc(Br)cc2)cc(Br)c1Cc1ccccc1Cl. The number of nitrogens with one attached hydrogen (secondary N) is 1. The van der Waals surface area contributed by atoms with Gasteiger partial charge in [0.15, 0.2) is 0 Å². The maximum Gasteiger partial charge on any atom is 0.266 e. The number of ether oxygens (including phenoxy) is 1. The van der Waals surface area contributed by atoms with Gasteiger partial charge >= 0.3 is 0 Å². The molecule has 1 amide bonds. The third-order valence-electron chi connectivity index (χ3n) is 4.50. The molecule has 3 rings (SSSR count). The lowest BCUT2D eigenvalue weighted by Gasteiger charge is -2.13. The van der Waals surface area contributed by atoms with Gasteiger partial charge in [-0.2, -0.15) is 5.26 Å². The molecule has 0 aliphatic carbocycles. The van der Waals surface area contributed by atoms with Gasteiger partial charge in [-0.05, 0) is 59.7 Å². The highest BCUT2D eigenvalue weighted by Gasteiger charge is 2.14. The first-order chi connectivity index (χ1) is 14.9. The smallest absolute Gasteiger partial charge is 0.266 e. The molecule has 7 heteroatoms. The Bertz CT molecular complexity index is 1190. The lowest BCUT2D eigenvalue weighted by molar-refractivity contribution is -0.112. The summed E-state index contributed by atoms with van der Waals surface area (Å²) in [7, 11) is 1.58. The molecule has 0 aromatic heterocycles. The Morgan fingerprint density at radius 1 is 1.16 bits per heavy atom. The summed E-state index contributed by atoms with van der Waals surface area (Å²) in [5.74, 6) is 0.145. The van der Waals surface area contributed by atoms with Crippen molar-refractivity contribution in [1.82, 2.24) is 0 Å². The van der Waals surface area contributed by atoms with Crippen LogP contribution >= 0.6 is 43.5 Å². The molecule has 4 nitrogen and oxygen atoms in total. The quantitative estimate of drug-likeness (QED) is 0.261. The predicted molar refractivity (Wildman–Crippen MR) is 131 cm³/mol. The van der Waals surface area contributed by atoms with E-state index in [-0.39, 0.29) is 5.57 Å². The normalized spacial score (nSPS) is 11.0. The van der Waals surface area contributed by atoms with E-state index in [1.807, 2.05) is 48.5 Å². The molecule has 0 atom stereocenters. The van der Waals surface area contributed by atoms with Gasteiger partial charge in [-0.3, -0.25) is 4.79 Å². The van der Waals surface area contributed by atoms with Gasteiger partial charge in [-0.15, -0.1) is 0 Å². The van der Waals surface area contributed by atoms with Crippen LogP contribution in [0.15, 0.2) is 75.2 Å². The number of nitrogens with zero attached hydrogens (tertiary/aromatic N) is 1. The molecule has 0 heterocycles. The summed E-state index contributed by atoms with van der Waals surface area (Å²) in [5.41, 5.74) is 3.14. The number of carbonyl (C=O) groups is 1. The van der Waals surface area contributed by atoms with E-state index in [9.17, 15) is 10.1 Å². The molecule has 0 spiro atoms. The fourth-order valence-electron chi connectivity index (χ4n) is 2.95. The number of amides is 1. The molecular formula is C24H17Br2ClN2O2. The second-order valence-electron chi connectivity index (χ2n) is 6.58. The number of nitriles is 1. The predicted octanol–water partition coefficient (Wildman–Crippen LogP) is 7.01. The number of halogens is 3. The van der Waals surface area contributed by atoms with Crippen LogP contribution < -0.4 is 10.1 Å². The summed E-state index contributed by atoms with van der Waals surface area (Å²) in [5, 5.41) is 12.9. The van der Waals surface area contributed by atoms with Crippen LogP contribution in [0.3, 0.4) is 0 Å². The van der Waals surface area contributed by atoms with Crippen LogP contribution in [0.1, 0.15) is 16.7 Å². The number of methoxy groups -OCH3 is 1. The van der Waals surface area contributed by atoms with Crippen LogP contribution in [0.4, 0.5) is 5.69 Å². The minimum absolute atomic E-state index is 0.0178. The Hall–Kier alpha value is -2.59. The monoisotopic (exact) mass is 558 g/mol. The summed E-state index contributed by atoms with van der Waals surface area (Å²) in [6.45, 7) is 0. The van der Waals surface area contributed by atoms with E-state index in [0.29, 0.717) is 28.4 Å². The van der Waals surface area contributed by atoms with Crippen molar-refractivity contribution in [3.63, 3.8) is 0 Å². The van der Waals surface area contributed by atoms with Crippen molar-refractivity contribution in [2.45, 2.75) is 6.42 Å². The van der Waals surface area contributed by atoms with Crippen molar-refractivity contribution >= 4 is 61.1 Å². The molecule has 3 aromatic carbocycles. The van der Waals surface area contributed by atoms with Gasteiger partial charge in [0.25, 0.3) is 5.91 Å². The van der Waals surface area contributed by atoms with Crippen molar-refractivity contribution in [1.29, 1.82) is 5.26 Å². The first-order valence-electron chi connectivity index (χ1n) is 9.19. The maximum atomic E-state index is 12.5. The number of anilines is 1. The van der Waals surface area contributed by atoms with Crippen molar-refractivity contribution < 1.29 is 9.53 Å². The summed E-state index contributed by atoms with van der Waals surface area (Å²) in [6.07, 6.45) is 2.10. The fourth-order valence-corrected chi connectivity index (χ4v) is 4.01. The topological polar surface area (TPSA) is 62.1 Å². The van der Waals surface area contributed by atoms with E-state index >= 15 is 0 Å². The van der Waals surface area contributed by atoms with Crippen molar-refractivity contribution in [3.8, 4) is 11.8 Å². The molecule has 156 valence electrons. The highest BCUT2D eigenvalue weighted by atomic mass is 79.9. The minimum Gasteiger partial charge on any atom is -0.496 e. The van der Waals surface area contributed by atoms with Crippen LogP contribution in [-0.2, 0) is 11.2 Å². The molecule has 0 saturated heterocycles. The largest absolute Gasteiger partial charge is 0.496 e. The van der Waals surface area contributed by atoms with E-state index < -0.39 is 5.91 Å². The zero-order valence-electron chi connectivity index (χ0n) is 16.5. The lowest BCUT2D eigenvalue weighted by atomic mass is 10.0. The number of carbonyl (C=O) groups excluding carboxylic acids is 1. The molecule has 0 bridgehead atoms. The van der Waals surface area contributed by atoms with Gasteiger partial charge in [-0.1, -0.05) is 61.7 Å². The van der Waals surface area contributed by atoms with E-state index in [0.717, 1.165) is 20.1 Å². The minimum atomic E-state index is -0.486. The first-order valence-corrected chi connectivity index (χ1v) is 11.2. The number of hydrogen-bond donors (Lipinski definition) is 1. The van der Waals surface area contributed by atoms with E-state index in [1.165, 1.54) is 6.08 Å². The molecule has 0 fully saturated rings. The van der Waals surface area contributed by atoms with Crippen LogP contribution in [0.5, 0.6) is 5.75 Å². The molecule has 0 unspecified atom stereocenters.